The second-order valence-corrected chi connectivity index (χ2v) is 7.68. The Labute approximate surface area is 162 Å². The van der Waals surface area contributed by atoms with Crippen molar-refractivity contribution in [3.05, 3.63) is 46.2 Å². The van der Waals surface area contributed by atoms with E-state index < -0.39 is 0 Å². The number of nitrogens with two attached hydrogens (primary N) is 1. The number of hydrogen-bond donors (Lipinski definition) is 1. The predicted molar refractivity (Wildman–Crippen MR) is 108 cm³/mol. The zero-order chi connectivity index (χ0) is 18.7. The zero-order valence-corrected chi connectivity index (χ0v) is 16.7. The quantitative estimate of drug-likeness (QED) is 0.770. The van der Waals surface area contributed by atoms with Gasteiger partial charge in [-0.15, -0.1) is 0 Å². The minimum absolute atomic E-state index is 0.211. The Kier molecular flexibility index (Phi) is 5.88. The van der Waals surface area contributed by atoms with Crippen molar-refractivity contribution < 1.29 is 4.79 Å². The first-order valence-electron chi connectivity index (χ1n) is 8.87. The average Bonchev–Trinajstić information content (AvgIpc) is 2.89. The molecule has 0 unspecified atom stereocenters. The Bertz CT molecular complexity index is 795. The van der Waals surface area contributed by atoms with Gasteiger partial charge in [-0.25, -0.2) is 9.97 Å². The standard InChI is InChI=1S/C19H24BrN5O/c1-13(2)24-7-4-8-25(10-9-24)17-6-3-5-16(23-17)18(26)15-11-14(20)12-22-19(15)21/h3,5-6,11-13H,4,7-10H2,1-2H3,(H2,21,22). The number of hydrogen-bond acceptors (Lipinski definition) is 6. The van der Waals surface area contributed by atoms with Gasteiger partial charge >= 0.3 is 0 Å². The molecule has 0 amide bonds. The fourth-order valence-electron chi connectivity index (χ4n) is 3.18. The molecule has 3 rings (SSSR count). The van der Waals surface area contributed by atoms with Crippen LogP contribution in [0.15, 0.2) is 34.9 Å². The normalized spacial score (nSPS) is 15.9. The molecule has 2 N–H and O–H groups in total. The summed E-state index contributed by atoms with van der Waals surface area (Å²) < 4.78 is 0.715. The van der Waals surface area contributed by atoms with Crippen molar-refractivity contribution in [1.29, 1.82) is 0 Å². The first kappa shape index (κ1) is 18.8. The van der Waals surface area contributed by atoms with Gasteiger partial charge in [0, 0.05) is 42.9 Å². The van der Waals surface area contributed by atoms with Gasteiger partial charge in [0.2, 0.25) is 5.78 Å². The Balaban J connectivity index is 1.82. The number of nitrogens with zero attached hydrogens (tertiary/aromatic N) is 4. The Morgan fingerprint density at radius 2 is 2.04 bits per heavy atom. The molecule has 0 aliphatic carbocycles. The van der Waals surface area contributed by atoms with Gasteiger partial charge in [0.15, 0.2) is 0 Å². The van der Waals surface area contributed by atoms with Crippen molar-refractivity contribution in [1.82, 2.24) is 14.9 Å². The summed E-state index contributed by atoms with van der Waals surface area (Å²) >= 11 is 3.34. The maximum atomic E-state index is 12.8. The van der Waals surface area contributed by atoms with Gasteiger partial charge < -0.3 is 10.6 Å². The number of nitrogen functional groups attached to an aromatic ring is 1. The minimum atomic E-state index is -0.211. The van der Waals surface area contributed by atoms with Crippen LogP contribution >= 0.6 is 15.9 Å². The molecule has 7 heteroatoms. The molecule has 2 aromatic rings. The van der Waals surface area contributed by atoms with Crippen molar-refractivity contribution in [3.8, 4) is 0 Å². The van der Waals surface area contributed by atoms with Gasteiger partial charge in [-0.2, -0.15) is 0 Å². The summed E-state index contributed by atoms with van der Waals surface area (Å²) in [5.41, 5.74) is 6.63. The van der Waals surface area contributed by atoms with Crippen LogP contribution in [0, 0.1) is 0 Å². The van der Waals surface area contributed by atoms with E-state index in [1.807, 2.05) is 12.1 Å². The zero-order valence-electron chi connectivity index (χ0n) is 15.2. The molecule has 0 atom stereocenters. The van der Waals surface area contributed by atoms with Crippen LogP contribution < -0.4 is 10.6 Å². The lowest BCUT2D eigenvalue weighted by Crippen LogP contribution is -2.35. The SMILES string of the molecule is CC(C)N1CCCN(c2cccc(C(=O)c3cc(Br)cnc3N)n2)CC1. The van der Waals surface area contributed by atoms with Crippen LogP contribution in [-0.2, 0) is 0 Å². The third kappa shape index (κ3) is 4.22. The van der Waals surface area contributed by atoms with E-state index in [4.69, 9.17) is 5.73 Å². The molecule has 0 aromatic carbocycles. The largest absolute Gasteiger partial charge is 0.383 e. The number of carbonyl (C=O) groups is 1. The van der Waals surface area contributed by atoms with Crippen LogP contribution in [0.2, 0.25) is 0 Å². The number of halogens is 1. The Morgan fingerprint density at radius 1 is 1.23 bits per heavy atom. The van der Waals surface area contributed by atoms with Gasteiger partial charge in [0.25, 0.3) is 0 Å². The highest BCUT2D eigenvalue weighted by atomic mass is 79.9. The van der Waals surface area contributed by atoms with E-state index >= 15 is 0 Å². The molecule has 6 nitrogen and oxygen atoms in total. The Hall–Kier alpha value is -1.99. The molecule has 1 aliphatic rings. The minimum Gasteiger partial charge on any atom is -0.383 e. The number of aromatic nitrogens is 2. The highest BCUT2D eigenvalue weighted by molar-refractivity contribution is 9.10. The first-order chi connectivity index (χ1) is 12.5. The van der Waals surface area contributed by atoms with Crippen LogP contribution in [0.5, 0.6) is 0 Å². The highest BCUT2D eigenvalue weighted by Gasteiger charge is 2.20. The smallest absolute Gasteiger partial charge is 0.215 e. The van der Waals surface area contributed by atoms with Crippen molar-refractivity contribution in [2.45, 2.75) is 26.3 Å². The Morgan fingerprint density at radius 3 is 2.81 bits per heavy atom. The molecule has 0 saturated carbocycles. The molecule has 138 valence electrons. The van der Waals surface area contributed by atoms with Gasteiger partial charge in [-0.3, -0.25) is 9.69 Å². The molecule has 2 aromatic heterocycles. The lowest BCUT2D eigenvalue weighted by Gasteiger charge is -2.25. The fourth-order valence-corrected chi connectivity index (χ4v) is 3.51. The fraction of sp³-hybridized carbons (Fsp3) is 0.421. The molecule has 1 fully saturated rings. The highest BCUT2D eigenvalue weighted by Crippen LogP contribution is 2.21. The molecule has 0 spiro atoms. The summed E-state index contributed by atoms with van der Waals surface area (Å²) in [5.74, 6) is 0.840. The summed E-state index contributed by atoms with van der Waals surface area (Å²) in [5, 5.41) is 0. The van der Waals surface area contributed by atoms with Crippen molar-refractivity contribution in [3.63, 3.8) is 0 Å². The molecule has 26 heavy (non-hydrogen) atoms. The van der Waals surface area contributed by atoms with Crippen LogP contribution in [-0.4, -0.2) is 52.9 Å². The topological polar surface area (TPSA) is 75.3 Å². The lowest BCUT2D eigenvalue weighted by atomic mass is 10.1. The molecule has 1 saturated heterocycles. The summed E-state index contributed by atoms with van der Waals surface area (Å²) in [6, 6.07) is 7.80. The maximum Gasteiger partial charge on any atom is 0.215 e. The second kappa shape index (κ2) is 8.14. The van der Waals surface area contributed by atoms with Crippen molar-refractivity contribution >= 4 is 33.3 Å². The summed E-state index contributed by atoms with van der Waals surface area (Å²) in [4.78, 5) is 26.2. The van der Waals surface area contributed by atoms with Crippen LogP contribution in [0.4, 0.5) is 11.6 Å². The van der Waals surface area contributed by atoms with Crippen LogP contribution in [0.3, 0.4) is 0 Å². The van der Waals surface area contributed by atoms with Gasteiger partial charge in [0.1, 0.15) is 17.3 Å². The predicted octanol–water partition coefficient (Wildman–Crippen LogP) is 2.97. The number of anilines is 2. The number of pyridine rings is 2. The summed E-state index contributed by atoms with van der Waals surface area (Å²) in [7, 11) is 0. The molecule has 1 aliphatic heterocycles. The van der Waals surface area contributed by atoms with Crippen molar-refractivity contribution in [2.75, 3.05) is 36.8 Å². The van der Waals surface area contributed by atoms with Crippen molar-refractivity contribution in [2.24, 2.45) is 0 Å². The molecular formula is C19H24BrN5O. The third-order valence-electron chi connectivity index (χ3n) is 4.68. The third-order valence-corrected chi connectivity index (χ3v) is 5.12. The van der Waals surface area contributed by atoms with E-state index in [2.05, 4.69) is 49.5 Å². The van der Waals surface area contributed by atoms with Gasteiger partial charge in [0.05, 0.1) is 5.56 Å². The second-order valence-electron chi connectivity index (χ2n) is 6.77. The molecule has 0 radical (unpaired) electrons. The van der Waals surface area contributed by atoms with E-state index in [0.29, 0.717) is 21.8 Å². The number of rotatable bonds is 4. The van der Waals surface area contributed by atoms with Crippen LogP contribution in [0.1, 0.15) is 36.3 Å². The number of ketones is 1. The van der Waals surface area contributed by atoms with Crippen LogP contribution in [0.25, 0.3) is 0 Å². The average molecular weight is 418 g/mol. The maximum absolute atomic E-state index is 12.8. The molecule has 3 heterocycles. The molecule has 0 bridgehead atoms. The first-order valence-corrected chi connectivity index (χ1v) is 9.67. The molecular weight excluding hydrogens is 394 g/mol. The number of carbonyl (C=O) groups excluding carboxylic acids is 1. The lowest BCUT2D eigenvalue weighted by molar-refractivity contribution is 0.103. The summed E-state index contributed by atoms with van der Waals surface area (Å²) in [6.07, 6.45) is 2.66. The summed E-state index contributed by atoms with van der Waals surface area (Å²) in [6.45, 7) is 8.39. The van der Waals surface area contributed by atoms with E-state index in [1.54, 1.807) is 18.3 Å². The van der Waals surface area contributed by atoms with E-state index in [9.17, 15) is 4.79 Å². The van der Waals surface area contributed by atoms with Gasteiger partial charge in [-0.05, 0) is 54.4 Å². The van der Waals surface area contributed by atoms with Gasteiger partial charge in [-0.1, -0.05) is 6.07 Å². The van der Waals surface area contributed by atoms with E-state index in [0.717, 1.165) is 38.4 Å². The monoisotopic (exact) mass is 417 g/mol. The van der Waals surface area contributed by atoms with E-state index in [1.165, 1.54) is 0 Å². The van der Waals surface area contributed by atoms with E-state index in [-0.39, 0.29) is 11.6 Å².